The summed E-state index contributed by atoms with van der Waals surface area (Å²) in [7, 11) is 0. The highest BCUT2D eigenvalue weighted by atomic mass is 19.4. The van der Waals surface area contributed by atoms with Crippen molar-refractivity contribution in [2.45, 2.75) is 26.4 Å². The number of hydrogen-bond donors (Lipinski definition) is 1. The van der Waals surface area contributed by atoms with Crippen LogP contribution in [-0.4, -0.2) is 24.7 Å². The lowest BCUT2D eigenvalue weighted by Gasteiger charge is -2.25. The van der Waals surface area contributed by atoms with E-state index in [2.05, 4.69) is 10.1 Å². The Morgan fingerprint density at radius 3 is 2.63 bits per heavy atom. The van der Waals surface area contributed by atoms with Gasteiger partial charge in [-0.3, -0.25) is 4.79 Å². The van der Waals surface area contributed by atoms with Crippen molar-refractivity contribution in [2.24, 2.45) is 5.92 Å². The molecule has 0 saturated heterocycles. The van der Waals surface area contributed by atoms with Crippen LogP contribution < -0.4 is 5.32 Å². The minimum Gasteiger partial charge on any atom is -0.459 e. The van der Waals surface area contributed by atoms with E-state index in [1.807, 2.05) is 0 Å². The standard InChI is InChI=1S/C12H14F3NO3/c1-3-19-11(18)10(17)16-9-6-4-5-8(7(9)2)12(13,14)15/h4,6,8H,3,5H2,1-2H3,(H,16,17). The Bertz CT molecular complexity index is 438. The number of halogens is 3. The number of esters is 1. The van der Waals surface area contributed by atoms with Gasteiger partial charge in [-0.1, -0.05) is 6.08 Å². The molecule has 1 unspecified atom stereocenters. The van der Waals surface area contributed by atoms with Gasteiger partial charge in [0.1, 0.15) is 0 Å². The maximum Gasteiger partial charge on any atom is 0.397 e. The third-order valence-corrected chi connectivity index (χ3v) is 2.71. The summed E-state index contributed by atoms with van der Waals surface area (Å²) in [6.45, 7) is 2.82. The largest absolute Gasteiger partial charge is 0.459 e. The van der Waals surface area contributed by atoms with Crippen molar-refractivity contribution in [1.82, 2.24) is 5.32 Å². The Morgan fingerprint density at radius 1 is 1.47 bits per heavy atom. The van der Waals surface area contributed by atoms with E-state index in [0.29, 0.717) is 0 Å². The summed E-state index contributed by atoms with van der Waals surface area (Å²) >= 11 is 0. The first-order valence-corrected chi connectivity index (χ1v) is 5.69. The van der Waals surface area contributed by atoms with Crippen LogP contribution in [0, 0.1) is 5.92 Å². The molecule has 0 radical (unpaired) electrons. The van der Waals surface area contributed by atoms with Crippen LogP contribution in [0.1, 0.15) is 20.3 Å². The maximum absolute atomic E-state index is 12.7. The summed E-state index contributed by atoms with van der Waals surface area (Å²) in [6, 6.07) is 0. The van der Waals surface area contributed by atoms with Crippen LogP contribution in [0.5, 0.6) is 0 Å². The molecule has 1 aliphatic rings. The Labute approximate surface area is 108 Å². The summed E-state index contributed by atoms with van der Waals surface area (Å²) in [5.74, 6) is -3.84. The van der Waals surface area contributed by atoms with Gasteiger partial charge in [-0.15, -0.1) is 0 Å². The molecule has 0 bridgehead atoms. The topological polar surface area (TPSA) is 55.4 Å². The molecule has 0 saturated carbocycles. The Hall–Kier alpha value is -1.79. The second kappa shape index (κ2) is 5.90. The lowest BCUT2D eigenvalue weighted by Crippen LogP contribution is -2.35. The molecule has 0 heterocycles. The van der Waals surface area contributed by atoms with E-state index in [1.54, 1.807) is 0 Å². The number of allylic oxidation sites excluding steroid dienone is 3. The van der Waals surface area contributed by atoms with Gasteiger partial charge in [0.15, 0.2) is 0 Å². The Morgan fingerprint density at radius 2 is 2.11 bits per heavy atom. The molecule has 1 rings (SSSR count). The van der Waals surface area contributed by atoms with Gasteiger partial charge >= 0.3 is 18.1 Å². The average molecular weight is 277 g/mol. The van der Waals surface area contributed by atoms with E-state index in [0.717, 1.165) is 0 Å². The summed E-state index contributed by atoms with van der Waals surface area (Å²) in [4.78, 5) is 22.5. The Kier molecular flexibility index (Phi) is 4.74. The van der Waals surface area contributed by atoms with Gasteiger partial charge < -0.3 is 10.1 Å². The fraction of sp³-hybridized carbons (Fsp3) is 0.500. The fourth-order valence-corrected chi connectivity index (χ4v) is 1.71. The highest BCUT2D eigenvalue weighted by Crippen LogP contribution is 2.37. The molecule has 1 aliphatic carbocycles. The first-order valence-electron chi connectivity index (χ1n) is 5.69. The predicted octanol–water partition coefficient (Wildman–Crippen LogP) is 2.08. The monoisotopic (exact) mass is 277 g/mol. The summed E-state index contributed by atoms with van der Waals surface area (Å²) in [5, 5.41) is 2.13. The van der Waals surface area contributed by atoms with Crippen LogP contribution in [0.4, 0.5) is 13.2 Å². The van der Waals surface area contributed by atoms with Crippen LogP contribution >= 0.6 is 0 Å². The highest BCUT2D eigenvalue weighted by Gasteiger charge is 2.41. The molecule has 0 aromatic heterocycles. The second-order valence-electron chi connectivity index (χ2n) is 4.00. The molecular weight excluding hydrogens is 263 g/mol. The number of ether oxygens (including phenoxy) is 1. The number of hydrogen-bond acceptors (Lipinski definition) is 3. The molecule has 1 atom stereocenters. The van der Waals surface area contributed by atoms with Crippen molar-refractivity contribution in [3.8, 4) is 0 Å². The zero-order chi connectivity index (χ0) is 14.6. The molecule has 0 spiro atoms. The van der Waals surface area contributed by atoms with Crippen molar-refractivity contribution in [3.63, 3.8) is 0 Å². The molecule has 1 amide bonds. The second-order valence-corrected chi connectivity index (χ2v) is 4.00. The first-order chi connectivity index (χ1) is 8.77. The third-order valence-electron chi connectivity index (χ3n) is 2.71. The van der Waals surface area contributed by atoms with Crippen molar-refractivity contribution in [3.05, 3.63) is 23.4 Å². The van der Waals surface area contributed by atoms with Crippen LogP contribution in [0.15, 0.2) is 23.4 Å². The molecule has 0 aliphatic heterocycles. The van der Waals surface area contributed by atoms with Gasteiger partial charge in [-0.2, -0.15) is 13.2 Å². The van der Waals surface area contributed by atoms with Gasteiger partial charge in [0.25, 0.3) is 0 Å². The van der Waals surface area contributed by atoms with Gasteiger partial charge in [0, 0.05) is 5.70 Å². The molecule has 4 nitrogen and oxygen atoms in total. The number of amides is 1. The van der Waals surface area contributed by atoms with Gasteiger partial charge in [0.05, 0.1) is 12.5 Å². The summed E-state index contributed by atoms with van der Waals surface area (Å²) in [6.07, 6.45) is -1.89. The van der Waals surface area contributed by atoms with E-state index >= 15 is 0 Å². The molecule has 0 aromatic carbocycles. The van der Waals surface area contributed by atoms with E-state index < -0.39 is 24.0 Å². The number of carbonyl (C=O) groups is 2. The van der Waals surface area contributed by atoms with Gasteiger partial charge in [0.2, 0.25) is 0 Å². The highest BCUT2D eigenvalue weighted by molar-refractivity contribution is 6.32. The molecule has 19 heavy (non-hydrogen) atoms. The lowest BCUT2D eigenvalue weighted by atomic mass is 9.90. The lowest BCUT2D eigenvalue weighted by molar-refractivity contribution is -0.163. The number of rotatable bonds is 2. The number of alkyl halides is 3. The molecule has 106 valence electrons. The summed E-state index contributed by atoms with van der Waals surface area (Å²) < 4.78 is 42.6. The van der Waals surface area contributed by atoms with Crippen LogP contribution in [0.2, 0.25) is 0 Å². The first kappa shape index (κ1) is 15.3. The van der Waals surface area contributed by atoms with Crippen molar-refractivity contribution in [1.29, 1.82) is 0 Å². The Balaban J connectivity index is 2.85. The van der Waals surface area contributed by atoms with Crippen LogP contribution in [0.3, 0.4) is 0 Å². The van der Waals surface area contributed by atoms with E-state index in [-0.39, 0.29) is 24.3 Å². The van der Waals surface area contributed by atoms with Crippen molar-refractivity contribution in [2.75, 3.05) is 6.61 Å². The SMILES string of the molecule is CCOC(=O)C(=O)NC1=C(C)C(C(F)(F)F)CC=C1. The molecular formula is C12H14F3NO3. The minimum absolute atomic E-state index is 0.00775. The molecule has 0 fully saturated rings. The third kappa shape index (κ3) is 3.84. The molecule has 1 N–H and O–H groups in total. The van der Waals surface area contributed by atoms with Crippen LogP contribution in [-0.2, 0) is 14.3 Å². The normalized spacial score (nSPS) is 19.3. The van der Waals surface area contributed by atoms with Crippen molar-refractivity contribution < 1.29 is 27.5 Å². The zero-order valence-corrected chi connectivity index (χ0v) is 10.5. The number of nitrogens with one attached hydrogen (secondary N) is 1. The van der Waals surface area contributed by atoms with E-state index in [4.69, 9.17) is 0 Å². The fourth-order valence-electron chi connectivity index (χ4n) is 1.71. The minimum atomic E-state index is -4.38. The number of carbonyl (C=O) groups excluding carboxylic acids is 2. The maximum atomic E-state index is 12.7. The van der Waals surface area contributed by atoms with E-state index in [9.17, 15) is 22.8 Å². The van der Waals surface area contributed by atoms with Gasteiger partial charge in [-0.25, -0.2) is 4.79 Å². The van der Waals surface area contributed by atoms with Crippen molar-refractivity contribution >= 4 is 11.9 Å². The van der Waals surface area contributed by atoms with E-state index in [1.165, 1.54) is 26.0 Å². The zero-order valence-electron chi connectivity index (χ0n) is 10.5. The summed E-state index contributed by atoms with van der Waals surface area (Å²) in [5.41, 5.74) is -0.0284. The smallest absolute Gasteiger partial charge is 0.397 e. The van der Waals surface area contributed by atoms with Gasteiger partial charge in [-0.05, 0) is 31.9 Å². The molecule has 7 heteroatoms. The molecule has 0 aromatic rings. The van der Waals surface area contributed by atoms with Crippen LogP contribution in [0.25, 0.3) is 0 Å². The predicted molar refractivity (Wildman–Crippen MR) is 60.8 cm³/mol. The quantitative estimate of drug-likeness (QED) is 0.621. The average Bonchev–Trinajstić information content (AvgIpc) is 2.30.